The van der Waals surface area contributed by atoms with Crippen molar-refractivity contribution in [1.29, 1.82) is 0 Å². The van der Waals surface area contributed by atoms with Gasteiger partial charge in [0, 0.05) is 19.4 Å². The van der Waals surface area contributed by atoms with Gasteiger partial charge in [-0.25, -0.2) is 4.57 Å². The number of allylic oxidation sites excluding steroid dienone is 20. The summed E-state index contributed by atoms with van der Waals surface area (Å²) in [5, 5.41) is 0. The van der Waals surface area contributed by atoms with Gasteiger partial charge in [0.05, 0.1) is 13.2 Å². The Balaban J connectivity index is 3.97. The molecule has 0 aliphatic heterocycles. The molecule has 0 heterocycles. The van der Waals surface area contributed by atoms with E-state index in [1.807, 2.05) is 0 Å². The maximum Gasteiger partial charge on any atom is 0.472 e. The number of unbranched alkanes of at least 4 members (excludes halogenated alkanes) is 24. The second-order valence-corrected chi connectivity index (χ2v) is 21.6. The van der Waals surface area contributed by atoms with Gasteiger partial charge in [-0.1, -0.05) is 264 Å². The van der Waals surface area contributed by atoms with Gasteiger partial charge in [-0.15, -0.1) is 0 Å². The molecule has 0 aliphatic carbocycles. The fourth-order valence-electron chi connectivity index (χ4n) is 8.34. The van der Waals surface area contributed by atoms with Gasteiger partial charge in [-0.3, -0.25) is 18.6 Å². The minimum atomic E-state index is -4.40. The van der Waals surface area contributed by atoms with Crippen LogP contribution < -0.4 is 5.73 Å². The zero-order chi connectivity index (χ0) is 55.9. The first-order valence-electron chi connectivity index (χ1n) is 31.0. The maximum atomic E-state index is 12.7. The van der Waals surface area contributed by atoms with E-state index in [1.54, 1.807) is 0 Å². The predicted molar refractivity (Wildman–Crippen MR) is 330 cm³/mol. The highest BCUT2D eigenvalue weighted by atomic mass is 31.2. The predicted octanol–water partition coefficient (Wildman–Crippen LogP) is 20.0. The lowest BCUT2D eigenvalue weighted by atomic mass is 10.0. The van der Waals surface area contributed by atoms with Gasteiger partial charge in [0.1, 0.15) is 6.61 Å². The molecule has 0 aromatic carbocycles. The van der Waals surface area contributed by atoms with E-state index >= 15 is 0 Å². The molecule has 0 aromatic heterocycles. The molecule has 3 N–H and O–H groups in total. The average molecular weight is 1090 g/mol. The lowest BCUT2D eigenvalue weighted by Crippen LogP contribution is -2.29. The second kappa shape index (κ2) is 61.6. The van der Waals surface area contributed by atoms with Crippen LogP contribution in [0.1, 0.15) is 258 Å². The molecule has 10 heteroatoms. The molecule has 77 heavy (non-hydrogen) atoms. The fourth-order valence-corrected chi connectivity index (χ4v) is 9.10. The van der Waals surface area contributed by atoms with E-state index in [1.165, 1.54) is 122 Å². The van der Waals surface area contributed by atoms with E-state index in [4.69, 9.17) is 24.3 Å². The Bertz CT molecular complexity index is 1670. The Morgan fingerprint density at radius 2 is 0.675 bits per heavy atom. The number of hydrogen-bond acceptors (Lipinski definition) is 8. The summed E-state index contributed by atoms with van der Waals surface area (Å²) in [4.78, 5) is 35.3. The minimum Gasteiger partial charge on any atom is -0.462 e. The fraction of sp³-hybridized carbons (Fsp3) is 0.672. The molecule has 0 bridgehead atoms. The Kier molecular flexibility index (Phi) is 58.7. The molecule has 440 valence electrons. The SMILES string of the molecule is CC/C=C\C/C=C\C/C=C\C/C=C\C/C=C\C/C=C\CCCCCCCCCCCCCCC(=O)OC(COC(=O)CCCCCCCCCCCCCC/C=C\C/C=C\C/C=C\C/C=C\CC)COP(=O)(O)OCCN. The number of rotatable bonds is 57. The molecule has 2 atom stereocenters. The summed E-state index contributed by atoms with van der Waals surface area (Å²) < 4.78 is 33.1. The third kappa shape index (κ3) is 61.5. The van der Waals surface area contributed by atoms with Gasteiger partial charge < -0.3 is 20.1 Å². The summed E-state index contributed by atoms with van der Waals surface area (Å²) in [6.07, 6.45) is 85.4. The summed E-state index contributed by atoms with van der Waals surface area (Å²) >= 11 is 0. The first-order valence-corrected chi connectivity index (χ1v) is 32.5. The van der Waals surface area contributed by atoms with Crippen LogP contribution in [-0.2, 0) is 32.7 Å². The van der Waals surface area contributed by atoms with Crippen LogP contribution in [0.15, 0.2) is 122 Å². The number of carbonyl (C=O) groups excluding carboxylic acids is 2. The van der Waals surface area contributed by atoms with Crippen molar-refractivity contribution < 1.29 is 37.6 Å². The number of carbonyl (C=O) groups is 2. The highest BCUT2D eigenvalue weighted by Crippen LogP contribution is 2.43. The quantitative estimate of drug-likeness (QED) is 0.0264. The molecule has 0 amide bonds. The van der Waals surface area contributed by atoms with Crippen molar-refractivity contribution >= 4 is 19.8 Å². The van der Waals surface area contributed by atoms with Crippen LogP contribution in [0.2, 0.25) is 0 Å². The van der Waals surface area contributed by atoms with Crippen LogP contribution in [-0.4, -0.2) is 49.3 Å². The second-order valence-electron chi connectivity index (χ2n) is 20.2. The summed E-state index contributed by atoms with van der Waals surface area (Å²) in [5.74, 6) is -0.833. The number of nitrogens with two attached hydrogens (primary N) is 1. The van der Waals surface area contributed by atoms with E-state index < -0.39 is 26.5 Å². The molecule has 0 aliphatic rings. The lowest BCUT2D eigenvalue weighted by Gasteiger charge is -2.19. The van der Waals surface area contributed by atoms with Crippen molar-refractivity contribution in [2.45, 2.75) is 264 Å². The van der Waals surface area contributed by atoms with E-state index in [9.17, 15) is 19.0 Å². The molecule has 0 aromatic rings. The van der Waals surface area contributed by atoms with Crippen LogP contribution in [0.5, 0.6) is 0 Å². The van der Waals surface area contributed by atoms with E-state index in [0.717, 1.165) is 103 Å². The Morgan fingerprint density at radius 3 is 1.00 bits per heavy atom. The van der Waals surface area contributed by atoms with Crippen molar-refractivity contribution in [2.24, 2.45) is 5.73 Å². The molecule has 0 saturated heterocycles. The highest BCUT2D eigenvalue weighted by Gasteiger charge is 2.26. The third-order valence-electron chi connectivity index (χ3n) is 12.8. The Labute approximate surface area is 472 Å². The van der Waals surface area contributed by atoms with Gasteiger partial charge in [-0.05, 0) is 103 Å². The maximum absolute atomic E-state index is 12.7. The van der Waals surface area contributed by atoms with Gasteiger partial charge in [-0.2, -0.15) is 0 Å². The summed E-state index contributed by atoms with van der Waals surface area (Å²) in [7, 11) is -4.40. The molecule has 0 saturated carbocycles. The van der Waals surface area contributed by atoms with Gasteiger partial charge in [0.2, 0.25) is 0 Å². The van der Waals surface area contributed by atoms with E-state index in [0.29, 0.717) is 6.42 Å². The summed E-state index contributed by atoms with van der Waals surface area (Å²) in [6.45, 7) is 3.52. The van der Waals surface area contributed by atoms with Crippen LogP contribution in [0.25, 0.3) is 0 Å². The summed E-state index contributed by atoms with van der Waals surface area (Å²) in [6, 6.07) is 0. The zero-order valence-corrected chi connectivity index (χ0v) is 50.0. The standard InChI is InChI=1S/C67H114NO8P/c1-3-5-7-9-11-13-15-17-19-21-23-25-27-29-30-31-32-33-34-36-38-40-42-44-46-48-50-52-54-56-58-60-67(70)76-65(64-75-77(71,72)74-62-61-68)63-73-66(69)59-57-55-53-51-49-47-45-43-41-39-37-35-28-26-24-22-20-18-16-14-12-10-8-6-4-2/h5-8,11-14,17-20,23-26,29-30,32-33,65H,3-4,9-10,15-16,21-22,27-28,31,34-64,68H2,1-2H3,(H,71,72)/b7-5-,8-6-,13-11-,14-12-,19-17-,20-18-,25-23-,26-24-,30-29-,33-32-. The van der Waals surface area contributed by atoms with Crippen LogP contribution in [0.3, 0.4) is 0 Å². The van der Waals surface area contributed by atoms with Gasteiger partial charge >= 0.3 is 19.8 Å². The topological polar surface area (TPSA) is 134 Å². The normalized spacial score (nSPS) is 13.9. The average Bonchev–Trinajstić information content (AvgIpc) is 3.42. The molecule has 0 rings (SSSR count). The Morgan fingerprint density at radius 1 is 0.390 bits per heavy atom. The van der Waals surface area contributed by atoms with E-state index in [-0.39, 0.29) is 38.6 Å². The molecular weight excluding hydrogens is 978 g/mol. The monoisotopic (exact) mass is 1090 g/mol. The molecule has 9 nitrogen and oxygen atoms in total. The Hall–Kier alpha value is -3.59. The van der Waals surface area contributed by atoms with Crippen molar-refractivity contribution in [3.63, 3.8) is 0 Å². The molecular formula is C67H114NO8P. The number of phosphoric ester groups is 1. The molecule has 0 spiro atoms. The number of phosphoric acid groups is 1. The van der Waals surface area contributed by atoms with Crippen LogP contribution in [0.4, 0.5) is 0 Å². The smallest absolute Gasteiger partial charge is 0.462 e. The number of esters is 2. The lowest BCUT2D eigenvalue weighted by molar-refractivity contribution is -0.161. The zero-order valence-electron chi connectivity index (χ0n) is 49.2. The van der Waals surface area contributed by atoms with Gasteiger partial charge in [0.15, 0.2) is 6.10 Å². The van der Waals surface area contributed by atoms with Gasteiger partial charge in [0.25, 0.3) is 0 Å². The number of ether oxygens (including phenoxy) is 2. The van der Waals surface area contributed by atoms with Crippen LogP contribution >= 0.6 is 7.82 Å². The van der Waals surface area contributed by atoms with Crippen molar-refractivity contribution in [3.05, 3.63) is 122 Å². The van der Waals surface area contributed by atoms with Crippen molar-refractivity contribution in [3.8, 4) is 0 Å². The molecule has 0 radical (unpaired) electrons. The summed E-state index contributed by atoms with van der Waals surface area (Å²) in [5.41, 5.74) is 5.39. The third-order valence-corrected chi connectivity index (χ3v) is 13.8. The first kappa shape index (κ1) is 73.4. The van der Waals surface area contributed by atoms with E-state index in [2.05, 4.69) is 135 Å². The highest BCUT2D eigenvalue weighted by molar-refractivity contribution is 7.47. The first-order chi connectivity index (χ1) is 37.8. The largest absolute Gasteiger partial charge is 0.472 e. The van der Waals surface area contributed by atoms with Crippen molar-refractivity contribution in [2.75, 3.05) is 26.4 Å². The van der Waals surface area contributed by atoms with Crippen molar-refractivity contribution in [1.82, 2.24) is 0 Å². The molecule has 0 fully saturated rings. The minimum absolute atomic E-state index is 0.0478. The number of hydrogen-bond donors (Lipinski definition) is 2. The molecule has 2 unspecified atom stereocenters. The van der Waals surface area contributed by atoms with Crippen LogP contribution in [0, 0.1) is 0 Å².